The molecule has 2 aliphatic carbocycles. The highest BCUT2D eigenvalue weighted by atomic mass is 16.6. The van der Waals surface area contributed by atoms with Gasteiger partial charge in [-0.3, -0.25) is 0 Å². The second-order valence-corrected chi connectivity index (χ2v) is 8.77. The predicted octanol–water partition coefficient (Wildman–Crippen LogP) is 6.32. The van der Waals surface area contributed by atoms with Crippen molar-refractivity contribution in [3.05, 3.63) is 69.9 Å². The second kappa shape index (κ2) is 11.1. The average molecular weight is 425 g/mol. The number of hydrogen-bond acceptors (Lipinski definition) is 4. The highest BCUT2D eigenvalue weighted by molar-refractivity contribution is 5.93. The Morgan fingerprint density at radius 3 is 1.61 bits per heavy atom. The van der Waals surface area contributed by atoms with E-state index in [9.17, 15) is 9.59 Å². The van der Waals surface area contributed by atoms with Crippen LogP contribution in [0.2, 0.25) is 0 Å². The van der Waals surface area contributed by atoms with Crippen LogP contribution in [0.15, 0.2) is 69.9 Å². The van der Waals surface area contributed by atoms with E-state index >= 15 is 0 Å². The molecule has 4 heteroatoms. The van der Waals surface area contributed by atoms with E-state index in [0.717, 1.165) is 12.8 Å². The van der Waals surface area contributed by atoms with E-state index in [1.165, 1.54) is 22.3 Å². The van der Waals surface area contributed by atoms with Crippen molar-refractivity contribution in [2.24, 2.45) is 5.92 Å². The van der Waals surface area contributed by atoms with Crippen molar-refractivity contribution in [2.75, 3.05) is 0 Å². The number of hydrogen-bond donors (Lipinski definition) is 0. The van der Waals surface area contributed by atoms with Gasteiger partial charge in [-0.25, -0.2) is 9.59 Å². The molecule has 0 heterocycles. The fourth-order valence-corrected chi connectivity index (χ4v) is 3.55. The Morgan fingerprint density at radius 2 is 1.26 bits per heavy atom. The lowest BCUT2D eigenvalue weighted by Gasteiger charge is -2.28. The van der Waals surface area contributed by atoms with Crippen LogP contribution in [0.4, 0.5) is 0 Å². The van der Waals surface area contributed by atoms with Gasteiger partial charge in [-0.1, -0.05) is 49.3 Å². The summed E-state index contributed by atoms with van der Waals surface area (Å²) >= 11 is 0. The van der Waals surface area contributed by atoms with Crippen molar-refractivity contribution >= 4 is 11.9 Å². The third kappa shape index (κ3) is 6.68. The van der Waals surface area contributed by atoms with Gasteiger partial charge in [-0.05, 0) is 77.2 Å². The first-order valence-electron chi connectivity index (χ1n) is 11.1. The van der Waals surface area contributed by atoms with Gasteiger partial charge < -0.3 is 9.47 Å². The molecule has 31 heavy (non-hydrogen) atoms. The molecule has 3 unspecified atom stereocenters. The van der Waals surface area contributed by atoms with Crippen LogP contribution in [-0.4, -0.2) is 24.1 Å². The molecular weight excluding hydrogens is 388 g/mol. The zero-order valence-electron chi connectivity index (χ0n) is 20.0. The first-order chi connectivity index (χ1) is 14.6. The minimum absolute atomic E-state index is 0.124. The molecule has 3 atom stereocenters. The van der Waals surface area contributed by atoms with Gasteiger partial charge in [0.15, 0.2) is 0 Å². The minimum atomic E-state index is -0.377. The van der Waals surface area contributed by atoms with Crippen LogP contribution < -0.4 is 0 Å². The molecule has 0 aromatic carbocycles. The highest BCUT2D eigenvalue weighted by Crippen LogP contribution is 2.25. The highest BCUT2D eigenvalue weighted by Gasteiger charge is 2.29. The van der Waals surface area contributed by atoms with Gasteiger partial charge in [0.05, 0.1) is 11.1 Å². The Bertz CT molecular complexity index is 884. The average Bonchev–Trinajstić information content (AvgIpc) is 2.76. The van der Waals surface area contributed by atoms with E-state index in [1.54, 1.807) is 0 Å². The van der Waals surface area contributed by atoms with E-state index in [2.05, 4.69) is 27.7 Å². The molecule has 0 bridgehead atoms. The second-order valence-electron chi connectivity index (χ2n) is 8.77. The van der Waals surface area contributed by atoms with Gasteiger partial charge in [0.2, 0.25) is 0 Å². The van der Waals surface area contributed by atoms with Crippen LogP contribution in [0.1, 0.15) is 67.7 Å². The molecule has 0 aliphatic heterocycles. The first-order valence-corrected chi connectivity index (χ1v) is 11.1. The third-order valence-electron chi connectivity index (χ3n) is 6.05. The Hall–Kier alpha value is -2.62. The molecule has 0 amide bonds. The molecule has 0 spiro atoms. The zero-order chi connectivity index (χ0) is 23.1. The monoisotopic (exact) mass is 424 g/mol. The summed E-state index contributed by atoms with van der Waals surface area (Å²) in [6.07, 6.45) is 12.8. The summed E-state index contributed by atoms with van der Waals surface area (Å²) < 4.78 is 11.5. The van der Waals surface area contributed by atoms with E-state index in [0.29, 0.717) is 17.6 Å². The Morgan fingerprint density at radius 1 is 0.806 bits per heavy atom. The molecule has 0 aromatic rings. The van der Waals surface area contributed by atoms with Crippen LogP contribution in [-0.2, 0) is 19.1 Å². The van der Waals surface area contributed by atoms with E-state index in [-0.39, 0.29) is 30.1 Å². The molecule has 0 saturated carbocycles. The van der Waals surface area contributed by atoms with Gasteiger partial charge in [-0.2, -0.15) is 0 Å². The van der Waals surface area contributed by atoms with Crippen LogP contribution in [0.5, 0.6) is 0 Å². The van der Waals surface area contributed by atoms with Crippen molar-refractivity contribution in [3.63, 3.8) is 0 Å². The number of rotatable bonds is 7. The standard InChI is InChI=1S/C27H36O4/c1-8-25(31-27(29)24-15-11-22(12-16-24)18(4)5)19(6)20(7)30-26(28)23-13-9-21(10-14-23)17(2)3/h9,11,13-16,19-20,25H,8,10,12H2,1-7H3. The van der Waals surface area contributed by atoms with Crippen molar-refractivity contribution < 1.29 is 19.1 Å². The molecule has 0 fully saturated rings. The summed E-state index contributed by atoms with van der Waals surface area (Å²) in [7, 11) is 0. The summed E-state index contributed by atoms with van der Waals surface area (Å²) in [5.41, 5.74) is 6.08. The summed E-state index contributed by atoms with van der Waals surface area (Å²) in [6.45, 7) is 14.0. The topological polar surface area (TPSA) is 52.6 Å². The molecule has 0 radical (unpaired) electrons. The number of carbonyl (C=O) groups is 2. The fourth-order valence-electron chi connectivity index (χ4n) is 3.55. The van der Waals surface area contributed by atoms with Crippen LogP contribution in [0, 0.1) is 5.92 Å². The quantitative estimate of drug-likeness (QED) is 0.449. The van der Waals surface area contributed by atoms with Gasteiger partial charge >= 0.3 is 11.9 Å². The van der Waals surface area contributed by atoms with Crippen LogP contribution >= 0.6 is 0 Å². The lowest BCUT2D eigenvalue weighted by molar-refractivity contribution is -0.154. The predicted molar refractivity (Wildman–Crippen MR) is 125 cm³/mol. The van der Waals surface area contributed by atoms with Crippen molar-refractivity contribution in [2.45, 2.75) is 79.9 Å². The summed E-state index contributed by atoms with van der Waals surface area (Å²) in [5.74, 6) is -0.786. The smallest absolute Gasteiger partial charge is 0.338 e. The van der Waals surface area contributed by atoms with Crippen LogP contribution in [0.25, 0.3) is 0 Å². The maximum absolute atomic E-state index is 12.6. The Balaban J connectivity index is 1.95. The minimum Gasteiger partial charge on any atom is -0.459 e. The SMILES string of the molecule is CCC(OC(=O)C1=CCC(=C(C)C)C=C1)C(C)C(C)OC(=O)C1=CCC(=C(C)C)C=C1. The van der Waals surface area contributed by atoms with Crippen molar-refractivity contribution in [3.8, 4) is 0 Å². The number of allylic oxidation sites excluding steroid dienone is 8. The van der Waals surface area contributed by atoms with Gasteiger partial charge in [-0.15, -0.1) is 0 Å². The summed E-state index contributed by atoms with van der Waals surface area (Å²) in [5, 5.41) is 0. The molecule has 0 N–H and O–H groups in total. The first kappa shape index (κ1) is 24.6. The largest absolute Gasteiger partial charge is 0.459 e. The molecule has 0 saturated heterocycles. The summed E-state index contributed by atoms with van der Waals surface area (Å²) in [6, 6.07) is 0. The number of esters is 2. The van der Waals surface area contributed by atoms with E-state index in [1.807, 2.05) is 57.2 Å². The zero-order valence-corrected chi connectivity index (χ0v) is 20.0. The molecule has 2 rings (SSSR count). The maximum atomic E-state index is 12.6. The molecule has 168 valence electrons. The van der Waals surface area contributed by atoms with Crippen molar-refractivity contribution in [1.29, 1.82) is 0 Å². The molecule has 2 aliphatic rings. The number of ether oxygens (including phenoxy) is 2. The van der Waals surface area contributed by atoms with E-state index in [4.69, 9.17) is 9.47 Å². The normalized spacial score (nSPS) is 18.5. The lowest BCUT2D eigenvalue weighted by Crippen LogP contribution is -2.34. The fraction of sp³-hybridized carbons (Fsp3) is 0.481. The summed E-state index contributed by atoms with van der Waals surface area (Å²) in [4.78, 5) is 25.2. The number of carbonyl (C=O) groups excluding carboxylic acids is 2. The lowest BCUT2D eigenvalue weighted by atomic mass is 9.96. The van der Waals surface area contributed by atoms with E-state index < -0.39 is 0 Å². The molecule has 4 nitrogen and oxygen atoms in total. The molecule has 0 aromatic heterocycles. The Kier molecular flexibility index (Phi) is 8.85. The van der Waals surface area contributed by atoms with Crippen LogP contribution in [0.3, 0.4) is 0 Å². The van der Waals surface area contributed by atoms with Crippen molar-refractivity contribution in [1.82, 2.24) is 0 Å². The Labute approximate surface area is 187 Å². The van der Waals surface area contributed by atoms with Gasteiger partial charge in [0.1, 0.15) is 12.2 Å². The maximum Gasteiger partial charge on any atom is 0.338 e. The van der Waals surface area contributed by atoms with Gasteiger partial charge in [0, 0.05) is 5.92 Å². The molecular formula is C27H36O4. The third-order valence-corrected chi connectivity index (χ3v) is 6.05. The van der Waals surface area contributed by atoms with Gasteiger partial charge in [0.25, 0.3) is 0 Å².